The smallest absolute Gasteiger partial charge is 0.293 e. The van der Waals surface area contributed by atoms with Crippen LogP contribution in [0.3, 0.4) is 0 Å². The summed E-state index contributed by atoms with van der Waals surface area (Å²) in [6.07, 6.45) is 0.360. The minimum Gasteiger partial charge on any atom is -0.293 e. The van der Waals surface area contributed by atoms with Crippen molar-refractivity contribution in [3.05, 3.63) is 28.8 Å². The van der Waals surface area contributed by atoms with Crippen LogP contribution < -0.4 is 10.2 Å². The van der Waals surface area contributed by atoms with Crippen LogP contribution in [0.25, 0.3) is 0 Å². The monoisotopic (exact) mass is 232 g/mol. The van der Waals surface area contributed by atoms with Crippen LogP contribution in [0, 0.1) is 20.8 Å². The van der Waals surface area contributed by atoms with E-state index >= 15 is 0 Å². The zero-order chi connectivity index (χ0) is 12.6. The van der Waals surface area contributed by atoms with Gasteiger partial charge in [-0.05, 0) is 31.9 Å². The van der Waals surface area contributed by atoms with E-state index in [0.29, 0.717) is 13.0 Å². The number of hydrogen-bond acceptors (Lipinski definition) is 2. The molecule has 4 heteroatoms. The standard InChI is InChI=1S/C13H16N2O2/c1-8-6-9(2)12(10(3)7-8)15-5-4-11(16)14-13(15)17/h6-7H,4-5H2,1-3H3,(H,14,16,17). The summed E-state index contributed by atoms with van der Waals surface area (Å²) >= 11 is 0. The largest absolute Gasteiger partial charge is 0.328 e. The van der Waals surface area contributed by atoms with Crippen LogP contribution in [-0.2, 0) is 4.79 Å². The Morgan fingerprint density at radius 1 is 1.12 bits per heavy atom. The zero-order valence-corrected chi connectivity index (χ0v) is 10.3. The summed E-state index contributed by atoms with van der Waals surface area (Å²) < 4.78 is 0. The average Bonchev–Trinajstić information content (AvgIpc) is 2.19. The fourth-order valence-electron chi connectivity index (χ4n) is 2.38. The van der Waals surface area contributed by atoms with E-state index in [1.54, 1.807) is 4.90 Å². The van der Waals surface area contributed by atoms with E-state index < -0.39 is 0 Å². The molecule has 0 unspecified atom stereocenters. The number of carbonyl (C=O) groups excluding carboxylic acids is 2. The van der Waals surface area contributed by atoms with Gasteiger partial charge in [-0.1, -0.05) is 17.7 Å². The maximum Gasteiger partial charge on any atom is 0.328 e. The number of hydrogen-bond donors (Lipinski definition) is 1. The van der Waals surface area contributed by atoms with Crippen molar-refractivity contribution < 1.29 is 9.59 Å². The quantitative estimate of drug-likeness (QED) is 0.805. The molecule has 0 aromatic heterocycles. The van der Waals surface area contributed by atoms with Gasteiger partial charge in [-0.15, -0.1) is 0 Å². The van der Waals surface area contributed by atoms with E-state index in [9.17, 15) is 9.59 Å². The molecular formula is C13H16N2O2. The van der Waals surface area contributed by atoms with Crippen LogP contribution >= 0.6 is 0 Å². The van der Waals surface area contributed by atoms with E-state index in [1.165, 1.54) is 5.56 Å². The van der Waals surface area contributed by atoms with E-state index in [4.69, 9.17) is 0 Å². The molecule has 0 bridgehead atoms. The number of nitrogens with zero attached hydrogens (tertiary/aromatic N) is 1. The number of amides is 3. The maximum absolute atomic E-state index is 11.8. The van der Waals surface area contributed by atoms with Crippen LogP contribution in [-0.4, -0.2) is 18.5 Å². The van der Waals surface area contributed by atoms with Gasteiger partial charge in [-0.25, -0.2) is 4.79 Å². The molecular weight excluding hydrogens is 216 g/mol. The lowest BCUT2D eigenvalue weighted by atomic mass is 10.0. The Hall–Kier alpha value is -1.84. The number of benzene rings is 1. The minimum absolute atomic E-state index is 0.200. The number of anilines is 1. The number of nitrogens with one attached hydrogen (secondary N) is 1. The topological polar surface area (TPSA) is 49.4 Å². The Kier molecular flexibility index (Phi) is 2.88. The number of imide groups is 1. The fraction of sp³-hybridized carbons (Fsp3) is 0.385. The second kappa shape index (κ2) is 4.20. The summed E-state index contributed by atoms with van der Waals surface area (Å²) in [6.45, 7) is 6.46. The van der Waals surface area contributed by atoms with Gasteiger partial charge in [-0.3, -0.25) is 15.0 Å². The second-order valence-electron chi connectivity index (χ2n) is 4.50. The lowest BCUT2D eigenvalue weighted by molar-refractivity contribution is -0.120. The van der Waals surface area contributed by atoms with Gasteiger partial charge in [0.15, 0.2) is 0 Å². The second-order valence-corrected chi connectivity index (χ2v) is 4.50. The number of rotatable bonds is 1. The van der Waals surface area contributed by atoms with Crippen molar-refractivity contribution in [2.24, 2.45) is 0 Å². The van der Waals surface area contributed by atoms with Crippen molar-refractivity contribution in [3.8, 4) is 0 Å². The van der Waals surface area contributed by atoms with Crippen LogP contribution in [0.1, 0.15) is 23.1 Å². The molecule has 1 aliphatic rings. The molecule has 1 saturated heterocycles. The molecule has 1 heterocycles. The molecule has 0 saturated carbocycles. The van der Waals surface area contributed by atoms with Crippen LogP contribution in [0.2, 0.25) is 0 Å². The van der Waals surface area contributed by atoms with E-state index in [2.05, 4.69) is 5.32 Å². The minimum atomic E-state index is -0.323. The molecule has 0 atom stereocenters. The van der Waals surface area contributed by atoms with Gasteiger partial charge in [-0.2, -0.15) is 0 Å². The number of aryl methyl sites for hydroxylation is 3. The van der Waals surface area contributed by atoms with Crippen LogP contribution in [0.4, 0.5) is 10.5 Å². The van der Waals surface area contributed by atoms with Crippen molar-refractivity contribution in [2.45, 2.75) is 27.2 Å². The molecule has 1 aromatic carbocycles. The first-order valence-corrected chi connectivity index (χ1v) is 5.68. The van der Waals surface area contributed by atoms with E-state index in [0.717, 1.165) is 16.8 Å². The molecule has 3 amide bonds. The molecule has 0 radical (unpaired) electrons. The third-order valence-corrected chi connectivity index (χ3v) is 2.96. The van der Waals surface area contributed by atoms with Gasteiger partial charge in [0.25, 0.3) is 0 Å². The SMILES string of the molecule is Cc1cc(C)c(N2CCC(=O)NC2=O)c(C)c1. The van der Waals surface area contributed by atoms with Crippen LogP contribution in [0.15, 0.2) is 12.1 Å². The van der Waals surface area contributed by atoms with Gasteiger partial charge in [0.2, 0.25) is 5.91 Å². The predicted molar refractivity (Wildman–Crippen MR) is 66.2 cm³/mol. The molecule has 1 N–H and O–H groups in total. The molecule has 4 nitrogen and oxygen atoms in total. The molecule has 0 spiro atoms. The summed E-state index contributed by atoms with van der Waals surface area (Å²) in [6, 6.07) is 3.77. The average molecular weight is 232 g/mol. The Morgan fingerprint density at radius 3 is 2.24 bits per heavy atom. The van der Waals surface area contributed by atoms with Crippen molar-refractivity contribution in [1.82, 2.24) is 5.32 Å². The highest BCUT2D eigenvalue weighted by Gasteiger charge is 2.26. The number of carbonyl (C=O) groups is 2. The van der Waals surface area contributed by atoms with Crippen molar-refractivity contribution in [1.29, 1.82) is 0 Å². The first-order valence-electron chi connectivity index (χ1n) is 5.68. The van der Waals surface area contributed by atoms with E-state index in [-0.39, 0.29) is 11.9 Å². The Bertz CT molecular complexity index is 471. The third kappa shape index (κ3) is 2.16. The third-order valence-electron chi connectivity index (χ3n) is 2.96. The number of urea groups is 1. The summed E-state index contributed by atoms with van der Waals surface area (Å²) in [5.74, 6) is -0.200. The highest BCUT2D eigenvalue weighted by Crippen LogP contribution is 2.27. The summed E-state index contributed by atoms with van der Waals surface area (Å²) in [7, 11) is 0. The highest BCUT2D eigenvalue weighted by molar-refractivity contribution is 6.06. The van der Waals surface area contributed by atoms with Crippen molar-refractivity contribution >= 4 is 17.6 Å². The highest BCUT2D eigenvalue weighted by atomic mass is 16.2. The molecule has 0 aliphatic carbocycles. The van der Waals surface area contributed by atoms with Gasteiger partial charge >= 0.3 is 6.03 Å². The van der Waals surface area contributed by atoms with Crippen LogP contribution in [0.5, 0.6) is 0 Å². The van der Waals surface area contributed by atoms with Gasteiger partial charge < -0.3 is 0 Å². The maximum atomic E-state index is 11.8. The summed E-state index contributed by atoms with van der Waals surface area (Å²) in [5.41, 5.74) is 4.22. The van der Waals surface area contributed by atoms with Crippen molar-refractivity contribution in [2.75, 3.05) is 11.4 Å². The lowest BCUT2D eigenvalue weighted by Gasteiger charge is -2.29. The zero-order valence-electron chi connectivity index (χ0n) is 10.3. The Balaban J connectivity index is 2.40. The Labute approximate surface area is 101 Å². The molecule has 1 fully saturated rings. The first-order chi connectivity index (χ1) is 7.99. The molecule has 90 valence electrons. The van der Waals surface area contributed by atoms with E-state index in [1.807, 2.05) is 32.9 Å². The molecule has 2 rings (SSSR count). The first kappa shape index (κ1) is 11.6. The summed E-state index contributed by atoms with van der Waals surface area (Å²) in [5, 5.41) is 2.34. The van der Waals surface area contributed by atoms with Gasteiger partial charge in [0, 0.05) is 13.0 Å². The fourth-order valence-corrected chi connectivity index (χ4v) is 2.38. The summed E-state index contributed by atoms with van der Waals surface area (Å²) in [4.78, 5) is 24.5. The molecule has 1 aromatic rings. The predicted octanol–water partition coefficient (Wildman–Crippen LogP) is 2.06. The molecule has 1 aliphatic heterocycles. The van der Waals surface area contributed by atoms with Gasteiger partial charge in [0.05, 0.1) is 5.69 Å². The molecule has 17 heavy (non-hydrogen) atoms. The Morgan fingerprint density at radius 2 is 1.71 bits per heavy atom. The lowest BCUT2D eigenvalue weighted by Crippen LogP contribution is -2.50. The van der Waals surface area contributed by atoms with Gasteiger partial charge in [0.1, 0.15) is 0 Å². The van der Waals surface area contributed by atoms with Crippen molar-refractivity contribution in [3.63, 3.8) is 0 Å². The normalized spacial score (nSPS) is 16.1.